The van der Waals surface area contributed by atoms with Crippen LogP contribution in [0.3, 0.4) is 0 Å². The van der Waals surface area contributed by atoms with E-state index in [9.17, 15) is 9.90 Å². The zero-order valence-corrected chi connectivity index (χ0v) is 12.0. The zero-order valence-electron chi connectivity index (χ0n) is 12.0. The van der Waals surface area contributed by atoms with Gasteiger partial charge in [0.15, 0.2) is 0 Å². The van der Waals surface area contributed by atoms with Gasteiger partial charge in [-0.1, -0.05) is 19.3 Å². The molecular formula is C15H28N2O2. The second-order valence-electron chi connectivity index (χ2n) is 6.23. The third-order valence-electron chi connectivity index (χ3n) is 4.72. The van der Waals surface area contributed by atoms with Crippen molar-refractivity contribution in [2.45, 2.75) is 51.4 Å². The van der Waals surface area contributed by atoms with Crippen molar-refractivity contribution in [3.63, 3.8) is 0 Å². The van der Waals surface area contributed by atoms with Crippen LogP contribution >= 0.6 is 0 Å². The molecular weight excluding hydrogens is 240 g/mol. The van der Waals surface area contributed by atoms with E-state index in [2.05, 4.69) is 5.32 Å². The van der Waals surface area contributed by atoms with Crippen LogP contribution in [0.1, 0.15) is 51.4 Å². The lowest BCUT2D eigenvalue weighted by Gasteiger charge is -2.35. The smallest absolute Gasteiger partial charge is 0.223 e. The molecule has 1 aliphatic carbocycles. The van der Waals surface area contributed by atoms with E-state index < -0.39 is 0 Å². The van der Waals surface area contributed by atoms with Gasteiger partial charge in [-0.05, 0) is 25.7 Å². The van der Waals surface area contributed by atoms with Gasteiger partial charge in [0.25, 0.3) is 0 Å². The highest BCUT2D eigenvalue weighted by Gasteiger charge is 2.30. The van der Waals surface area contributed by atoms with Crippen molar-refractivity contribution in [2.24, 2.45) is 5.41 Å². The average Bonchev–Trinajstić information content (AvgIpc) is 2.99. The van der Waals surface area contributed by atoms with Crippen molar-refractivity contribution in [1.82, 2.24) is 10.2 Å². The van der Waals surface area contributed by atoms with E-state index in [0.29, 0.717) is 6.42 Å². The maximum absolute atomic E-state index is 11.9. The van der Waals surface area contributed by atoms with Crippen LogP contribution in [-0.4, -0.2) is 48.7 Å². The van der Waals surface area contributed by atoms with E-state index in [4.69, 9.17) is 0 Å². The van der Waals surface area contributed by atoms with Crippen LogP contribution < -0.4 is 5.32 Å². The maximum Gasteiger partial charge on any atom is 0.223 e. The number of carbonyl (C=O) groups is 1. The molecule has 1 amide bonds. The monoisotopic (exact) mass is 268 g/mol. The number of nitrogens with one attached hydrogen (secondary N) is 1. The molecule has 2 fully saturated rings. The molecule has 2 rings (SSSR count). The molecule has 1 saturated heterocycles. The molecule has 0 radical (unpaired) electrons. The van der Waals surface area contributed by atoms with E-state index in [0.717, 1.165) is 51.9 Å². The molecule has 19 heavy (non-hydrogen) atoms. The molecule has 2 aliphatic rings. The molecule has 0 aromatic carbocycles. The quantitative estimate of drug-likeness (QED) is 0.718. The summed E-state index contributed by atoms with van der Waals surface area (Å²) in [5, 5.41) is 13.0. The van der Waals surface area contributed by atoms with Gasteiger partial charge in [0, 0.05) is 44.6 Å². The molecule has 110 valence electrons. The summed E-state index contributed by atoms with van der Waals surface area (Å²) in [6, 6.07) is 0. The Bertz CT molecular complexity index is 282. The molecule has 0 aromatic rings. The van der Waals surface area contributed by atoms with Gasteiger partial charge in [0.1, 0.15) is 0 Å². The van der Waals surface area contributed by atoms with Crippen molar-refractivity contribution in [1.29, 1.82) is 0 Å². The highest BCUT2D eigenvalue weighted by molar-refractivity contribution is 5.76. The Labute approximate surface area is 116 Å². The third-order valence-corrected chi connectivity index (χ3v) is 4.72. The van der Waals surface area contributed by atoms with Crippen molar-refractivity contribution in [3.8, 4) is 0 Å². The fourth-order valence-corrected chi connectivity index (χ4v) is 3.37. The van der Waals surface area contributed by atoms with E-state index in [1.165, 1.54) is 19.3 Å². The summed E-state index contributed by atoms with van der Waals surface area (Å²) in [5.41, 5.74) is 0.0783. The Balaban J connectivity index is 1.63. The number of hydrogen-bond acceptors (Lipinski definition) is 3. The Morgan fingerprint density at radius 1 is 1.11 bits per heavy atom. The number of carbonyl (C=O) groups excluding carboxylic acids is 1. The van der Waals surface area contributed by atoms with E-state index >= 15 is 0 Å². The largest absolute Gasteiger partial charge is 0.396 e. The molecule has 1 heterocycles. The number of amides is 1. The minimum absolute atomic E-state index is 0.0783. The summed E-state index contributed by atoms with van der Waals surface area (Å²) in [6.45, 7) is 3.77. The predicted octanol–water partition coefficient (Wildman–Crippen LogP) is 1.53. The van der Waals surface area contributed by atoms with E-state index in [-0.39, 0.29) is 17.9 Å². The van der Waals surface area contributed by atoms with Gasteiger partial charge < -0.3 is 15.3 Å². The Kier molecular flexibility index (Phi) is 5.64. The molecule has 0 spiro atoms. The van der Waals surface area contributed by atoms with Crippen molar-refractivity contribution in [2.75, 3.05) is 32.8 Å². The van der Waals surface area contributed by atoms with Gasteiger partial charge in [0.2, 0.25) is 5.91 Å². The topological polar surface area (TPSA) is 52.6 Å². The zero-order chi connectivity index (χ0) is 13.6. The van der Waals surface area contributed by atoms with Crippen LogP contribution in [-0.2, 0) is 4.79 Å². The second-order valence-corrected chi connectivity index (χ2v) is 6.23. The Hall–Kier alpha value is -0.610. The lowest BCUT2D eigenvalue weighted by atomic mass is 9.74. The number of likely N-dealkylation sites (tertiary alicyclic amines) is 1. The summed E-state index contributed by atoms with van der Waals surface area (Å²) in [6.07, 6.45) is 8.92. The molecule has 4 heteroatoms. The van der Waals surface area contributed by atoms with Crippen LogP contribution in [0, 0.1) is 5.41 Å². The van der Waals surface area contributed by atoms with Gasteiger partial charge in [-0.15, -0.1) is 0 Å². The van der Waals surface area contributed by atoms with Crippen molar-refractivity contribution in [3.05, 3.63) is 0 Å². The highest BCUT2D eigenvalue weighted by Crippen LogP contribution is 2.35. The SMILES string of the molecule is O=C(CCNCC1(CO)CCCCC1)N1CCCC1. The summed E-state index contributed by atoms with van der Waals surface area (Å²) in [7, 11) is 0. The maximum atomic E-state index is 11.9. The van der Waals surface area contributed by atoms with Crippen LogP contribution in [0.4, 0.5) is 0 Å². The van der Waals surface area contributed by atoms with Crippen LogP contribution in [0.2, 0.25) is 0 Å². The summed E-state index contributed by atoms with van der Waals surface area (Å²) in [5.74, 6) is 0.284. The van der Waals surface area contributed by atoms with Crippen LogP contribution in [0.5, 0.6) is 0 Å². The Morgan fingerprint density at radius 2 is 1.79 bits per heavy atom. The molecule has 0 bridgehead atoms. The third kappa shape index (κ3) is 4.18. The van der Waals surface area contributed by atoms with Crippen molar-refractivity contribution < 1.29 is 9.90 Å². The molecule has 1 saturated carbocycles. The number of rotatable bonds is 6. The van der Waals surface area contributed by atoms with E-state index in [1.807, 2.05) is 4.90 Å². The normalized spacial score (nSPS) is 22.7. The lowest BCUT2D eigenvalue weighted by molar-refractivity contribution is -0.130. The van der Waals surface area contributed by atoms with Gasteiger partial charge in [-0.2, -0.15) is 0 Å². The molecule has 4 nitrogen and oxygen atoms in total. The lowest BCUT2D eigenvalue weighted by Crippen LogP contribution is -2.40. The molecule has 0 atom stereocenters. The standard InChI is InChI=1S/C15H28N2O2/c18-13-15(7-2-1-3-8-15)12-16-9-6-14(19)17-10-4-5-11-17/h16,18H,1-13H2. The minimum atomic E-state index is 0.0783. The molecule has 2 N–H and O–H groups in total. The minimum Gasteiger partial charge on any atom is -0.396 e. The van der Waals surface area contributed by atoms with Gasteiger partial charge >= 0.3 is 0 Å². The Morgan fingerprint density at radius 3 is 2.42 bits per heavy atom. The van der Waals surface area contributed by atoms with Crippen molar-refractivity contribution >= 4 is 5.91 Å². The van der Waals surface area contributed by atoms with Gasteiger partial charge in [-0.3, -0.25) is 4.79 Å². The summed E-state index contributed by atoms with van der Waals surface area (Å²) in [4.78, 5) is 13.9. The predicted molar refractivity (Wildman–Crippen MR) is 75.9 cm³/mol. The fourth-order valence-electron chi connectivity index (χ4n) is 3.37. The van der Waals surface area contributed by atoms with Crippen LogP contribution in [0.15, 0.2) is 0 Å². The molecule has 0 aromatic heterocycles. The second kappa shape index (κ2) is 7.25. The van der Waals surface area contributed by atoms with E-state index in [1.54, 1.807) is 0 Å². The first-order valence-corrected chi connectivity index (χ1v) is 7.85. The average molecular weight is 268 g/mol. The van der Waals surface area contributed by atoms with Crippen LogP contribution in [0.25, 0.3) is 0 Å². The first kappa shape index (κ1) is 14.8. The fraction of sp³-hybridized carbons (Fsp3) is 0.933. The number of aliphatic hydroxyl groups is 1. The summed E-state index contributed by atoms with van der Waals surface area (Å²) < 4.78 is 0. The van der Waals surface area contributed by atoms with Gasteiger partial charge in [-0.25, -0.2) is 0 Å². The highest BCUT2D eigenvalue weighted by atomic mass is 16.3. The molecule has 0 unspecified atom stereocenters. The number of nitrogens with zero attached hydrogens (tertiary/aromatic N) is 1. The number of aliphatic hydroxyl groups excluding tert-OH is 1. The molecule has 1 aliphatic heterocycles. The van der Waals surface area contributed by atoms with Gasteiger partial charge in [0.05, 0.1) is 0 Å². The first-order valence-electron chi connectivity index (χ1n) is 7.85. The number of hydrogen-bond donors (Lipinski definition) is 2. The first-order chi connectivity index (χ1) is 9.26. The summed E-state index contributed by atoms with van der Waals surface area (Å²) >= 11 is 0.